The van der Waals surface area contributed by atoms with E-state index < -0.39 is 5.60 Å². The zero-order chi connectivity index (χ0) is 13.3. The number of nitrogens with zero attached hydrogens (tertiary/aromatic N) is 3. The van der Waals surface area contributed by atoms with Gasteiger partial charge in [0.25, 0.3) is 0 Å². The fourth-order valence-corrected chi connectivity index (χ4v) is 2.34. The molecule has 1 aliphatic rings. The first-order chi connectivity index (χ1) is 8.44. The molecule has 1 saturated heterocycles. The summed E-state index contributed by atoms with van der Waals surface area (Å²) in [6.45, 7) is 7.96. The smallest absolute Gasteiger partial charge is 0.156 e. The van der Waals surface area contributed by atoms with E-state index in [1.165, 1.54) is 0 Å². The van der Waals surface area contributed by atoms with E-state index in [1.807, 2.05) is 20.8 Å². The first-order valence-corrected chi connectivity index (χ1v) is 6.45. The van der Waals surface area contributed by atoms with Crippen LogP contribution in [0.25, 0.3) is 0 Å². The standard InChI is InChI=1S/C13H22N4O/c1-9-10(2)15-16-12(11(9)8-14)17-6-4-13(3,18)5-7-17/h18H,4-8,14H2,1-3H3. The first kappa shape index (κ1) is 13.2. The molecule has 0 spiro atoms. The lowest BCUT2D eigenvalue weighted by Crippen LogP contribution is -2.43. The number of aromatic nitrogens is 2. The molecule has 2 rings (SSSR count). The van der Waals surface area contributed by atoms with E-state index in [-0.39, 0.29) is 0 Å². The maximum Gasteiger partial charge on any atom is 0.156 e. The average molecular weight is 250 g/mol. The molecule has 0 amide bonds. The van der Waals surface area contributed by atoms with Crippen molar-refractivity contribution >= 4 is 5.82 Å². The molecule has 0 unspecified atom stereocenters. The summed E-state index contributed by atoms with van der Waals surface area (Å²) >= 11 is 0. The highest BCUT2D eigenvalue weighted by atomic mass is 16.3. The third-order valence-corrected chi connectivity index (χ3v) is 3.90. The molecular formula is C13H22N4O. The van der Waals surface area contributed by atoms with Gasteiger partial charge in [0, 0.05) is 25.2 Å². The normalized spacial score (nSPS) is 19.1. The molecule has 1 aromatic rings. The largest absolute Gasteiger partial charge is 0.390 e. The minimum absolute atomic E-state index is 0.477. The Kier molecular flexibility index (Phi) is 3.54. The molecule has 100 valence electrons. The van der Waals surface area contributed by atoms with Gasteiger partial charge in [0.05, 0.1) is 11.3 Å². The van der Waals surface area contributed by atoms with Crippen molar-refractivity contribution in [3.8, 4) is 0 Å². The predicted molar refractivity (Wildman–Crippen MR) is 71.5 cm³/mol. The van der Waals surface area contributed by atoms with Gasteiger partial charge in [0.2, 0.25) is 0 Å². The van der Waals surface area contributed by atoms with Crippen LogP contribution in [0.5, 0.6) is 0 Å². The maximum absolute atomic E-state index is 9.98. The summed E-state index contributed by atoms with van der Waals surface area (Å²) in [6.07, 6.45) is 1.51. The summed E-state index contributed by atoms with van der Waals surface area (Å²) in [6, 6.07) is 0. The predicted octanol–water partition coefficient (Wildman–Crippen LogP) is 0.903. The molecule has 0 saturated carbocycles. The van der Waals surface area contributed by atoms with Crippen LogP contribution in [0.3, 0.4) is 0 Å². The van der Waals surface area contributed by atoms with Gasteiger partial charge >= 0.3 is 0 Å². The van der Waals surface area contributed by atoms with Crippen LogP contribution in [-0.2, 0) is 6.54 Å². The van der Waals surface area contributed by atoms with Crippen molar-refractivity contribution in [3.05, 3.63) is 16.8 Å². The number of aryl methyl sites for hydroxylation is 1. The van der Waals surface area contributed by atoms with Gasteiger partial charge in [-0.3, -0.25) is 0 Å². The molecule has 0 bridgehead atoms. The van der Waals surface area contributed by atoms with Crippen LogP contribution in [0.4, 0.5) is 5.82 Å². The van der Waals surface area contributed by atoms with Crippen LogP contribution < -0.4 is 10.6 Å². The fraction of sp³-hybridized carbons (Fsp3) is 0.692. The van der Waals surface area contributed by atoms with E-state index in [9.17, 15) is 5.11 Å². The molecule has 1 fully saturated rings. The lowest BCUT2D eigenvalue weighted by atomic mass is 9.93. The SMILES string of the molecule is Cc1nnc(N2CCC(C)(O)CC2)c(CN)c1C. The second-order valence-corrected chi connectivity index (χ2v) is 5.40. The van der Waals surface area contributed by atoms with Crippen molar-refractivity contribution in [2.75, 3.05) is 18.0 Å². The number of anilines is 1. The quantitative estimate of drug-likeness (QED) is 0.816. The Morgan fingerprint density at radius 3 is 2.44 bits per heavy atom. The van der Waals surface area contributed by atoms with E-state index in [1.54, 1.807) is 0 Å². The molecular weight excluding hydrogens is 228 g/mol. The average Bonchev–Trinajstić information content (AvgIpc) is 2.33. The Morgan fingerprint density at radius 2 is 1.89 bits per heavy atom. The van der Waals surface area contributed by atoms with Crippen LogP contribution in [0.1, 0.15) is 36.6 Å². The summed E-state index contributed by atoms with van der Waals surface area (Å²) in [5.41, 5.74) is 8.42. The van der Waals surface area contributed by atoms with E-state index >= 15 is 0 Å². The molecule has 18 heavy (non-hydrogen) atoms. The Morgan fingerprint density at radius 1 is 1.28 bits per heavy atom. The zero-order valence-corrected chi connectivity index (χ0v) is 11.4. The minimum atomic E-state index is -0.549. The highest BCUT2D eigenvalue weighted by molar-refractivity contribution is 5.51. The third kappa shape index (κ3) is 2.47. The molecule has 3 N–H and O–H groups in total. The van der Waals surface area contributed by atoms with E-state index in [0.29, 0.717) is 6.54 Å². The van der Waals surface area contributed by atoms with Crippen molar-refractivity contribution in [2.45, 2.75) is 45.8 Å². The second kappa shape index (κ2) is 4.82. The van der Waals surface area contributed by atoms with Crippen LogP contribution >= 0.6 is 0 Å². The number of piperidine rings is 1. The van der Waals surface area contributed by atoms with E-state index in [2.05, 4.69) is 15.1 Å². The molecule has 0 aromatic carbocycles. The highest BCUT2D eigenvalue weighted by Crippen LogP contribution is 2.28. The van der Waals surface area contributed by atoms with Crippen molar-refractivity contribution in [1.82, 2.24) is 10.2 Å². The third-order valence-electron chi connectivity index (χ3n) is 3.90. The van der Waals surface area contributed by atoms with Crippen molar-refractivity contribution in [2.24, 2.45) is 5.73 Å². The maximum atomic E-state index is 9.98. The van der Waals surface area contributed by atoms with Crippen LogP contribution in [0.15, 0.2) is 0 Å². The molecule has 5 nitrogen and oxygen atoms in total. The van der Waals surface area contributed by atoms with Crippen molar-refractivity contribution < 1.29 is 5.11 Å². The van der Waals surface area contributed by atoms with Gasteiger partial charge < -0.3 is 15.7 Å². The van der Waals surface area contributed by atoms with E-state index in [0.717, 1.165) is 48.6 Å². The monoisotopic (exact) mass is 250 g/mol. The summed E-state index contributed by atoms with van der Waals surface area (Å²) < 4.78 is 0. The van der Waals surface area contributed by atoms with Gasteiger partial charge in [-0.25, -0.2) is 0 Å². The topological polar surface area (TPSA) is 75.3 Å². The summed E-state index contributed by atoms with van der Waals surface area (Å²) in [5, 5.41) is 18.5. The minimum Gasteiger partial charge on any atom is -0.390 e. The molecule has 0 aliphatic carbocycles. The molecule has 2 heterocycles. The van der Waals surface area contributed by atoms with Gasteiger partial charge in [0.1, 0.15) is 0 Å². The van der Waals surface area contributed by atoms with Crippen LogP contribution in [0.2, 0.25) is 0 Å². The Balaban J connectivity index is 2.27. The van der Waals surface area contributed by atoms with Crippen LogP contribution in [-0.4, -0.2) is 34.0 Å². The van der Waals surface area contributed by atoms with Crippen molar-refractivity contribution in [3.63, 3.8) is 0 Å². The summed E-state index contributed by atoms with van der Waals surface area (Å²) in [5.74, 6) is 0.885. The van der Waals surface area contributed by atoms with Crippen LogP contribution in [0, 0.1) is 13.8 Å². The molecule has 5 heteroatoms. The molecule has 1 aromatic heterocycles. The second-order valence-electron chi connectivity index (χ2n) is 5.40. The number of nitrogens with two attached hydrogens (primary N) is 1. The van der Waals surface area contributed by atoms with Gasteiger partial charge in [-0.2, -0.15) is 5.10 Å². The Hall–Kier alpha value is -1.20. The lowest BCUT2D eigenvalue weighted by molar-refractivity contribution is 0.0349. The van der Waals surface area contributed by atoms with Gasteiger partial charge in [-0.1, -0.05) is 0 Å². The number of hydrogen-bond donors (Lipinski definition) is 2. The number of aliphatic hydroxyl groups is 1. The van der Waals surface area contributed by atoms with Crippen molar-refractivity contribution in [1.29, 1.82) is 0 Å². The Bertz CT molecular complexity index is 435. The molecule has 1 aliphatic heterocycles. The van der Waals surface area contributed by atoms with E-state index in [4.69, 9.17) is 5.73 Å². The van der Waals surface area contributed by atoms with Gasteiger partial charge in [-0.15, -0.1) is 5.10 Å². The molecule has 0 atom stereocenters. The van der Waals surface area contributed by atoms with Gasteiger partial charge in [-0.05, 0) is 39.2 Å². The zero-order valence-electron chi connectivity index (χ0n) is 11.4. The summed E-state index contributed by atoms with van der Waals surface area (Å²) in [7, 11) is 0. The first-order valence-electron chi connectivity index (χ1n) is 6.45. The summed E-state index contributed by atoms with van der Waals surface area (Å²) in [4.78, 5) is 2.18. The number of hydrogen-bond acceptors (Lipinski definition) is 5. The van der Waals surface area contributed by atoms with Gasteiger partial charge in [0.15, 0.2) is 5.82 Å². The number of rotatable bonds is 2. The molecule has 0 radical (unpaired) electrons. The lowest BCUT2D eigenvalue weighted by Gasteiger charge is -2.37. The fourth-order valence-electron chi connectivity index (χ4n) is 2.34. The Labute approximate surface area is 108 Å². The highest BCUT2D eigenvalue weighted by Gasteiger charge is 2.29.